The number of carbonyl (C=O) groups is 1. The van der Waals surface area contributed by atoms with Gasteiger partial charge in [0.25, 0.3) is 11.5 Å². The van der Waals surface area contributed by atoms with E-state index in [9.17, 15) is 14.0 Å². The summed E-state index contributed by atoms with van der Waals surface area (Å²) in [6, 6.07) is 13.3. The molecule has 0 unspecified atom stereocenters. The number of hydrogen-bond acceptors (Lipinski definition) is 3. The van der Waals surface area contributed by atoms with E-state index in [1.807, 2.05) is 6.07 Å². The minimum Gasteiger partial charge on any atom is -0.349 e. The maximum atomic E-state index is 13.3. The number of fused-ring (bicyclic) bond motifs is 3. The number of benzene rings is 2. The van der Waals surface area contributed by atoms with Gasteiger partial charge in [-0.05, 0) is 54.8 Å². The summed E-state index contributed by atoms with van der Waals surface area (Å²) in [7, 11) is 0. The van der Waals surface area contributed by atoms with Gasteiger partial charge in [0.2, 0.25) is 0 Å². The predicted molar refractivity (Wildman–Crippen MR) is 112 cm³/mol. The minimum atomic E-state index is -0.326. The number of carbonyl (C=O) groups excluding carboxylic acids is 1. The van der Waals surface area contributed by atoms with Gasteiger partial charge in [0.1, 0.15) is 11.3 Å². The second-order valence-corrected chi connectivity index (χ2v) is 7.80. The topological polar surface area (TPSA) is 68.4 Å². The van der Waals surface area contributed by atoms with Crippen molar-refractivity contribution in [2.75, 3.05) is 0 Å². The number of amides is 1. The van der Waals surface area contributed by atoms with E-state index < -0.39 is 0 Å². The highest BCUT2D eigenvalue weighted by molar-refractivity contribution is 5.97. The highest BCUT2D eigenvalue weighted by atomic mass is 19.1. The van der Waals surface area contributed by atoms with E-state index in [4.69, 9.17) is 0 Å². The normalized spacial score (nSPS) is 14.6. The lowest BCUT2D eigenvalue weighted by atomic mass is 10.1. The summed E-state index contributed by atoms with van der Waals surface area (Å²) in [5, 5.41) is 7.37. The molecule has 152 valence electrons. The van der Waals surface area contributed by atoms with Crippen molar-refractivity contribution in [3.63, 3.8) is 0 Å². The number of halogens is 1. The number of nitrogens with one attached hydrogen (secondary N) is 1. The Bertz CT molecular complexity index is 1300. The van der Waals surface area contributed by atoms with Crippen LogP contribution in [0.5, 0.6) is 0 Å². The Morgan fingerprint density at radius 3 is 2.57 bits per heavy atom. The Balaban J connectivity index is 1.63. The largest absolute Gasteiger partial charge is 0.349 e. The third-order valence-corrected chi connectivity index (χ3v) is 5.81. The van der Waals surface area contributed by atoms with Crippen LogP contribution in [0.15, 0.2) is 59.5 Å². The molecule has 7 heteroatoms. The van der Waals surface area contributed by atoms with Gasteiger partial charge in [-0.25, -0.2) is 8.91 Å². The molecule has 1 fully saturated rings. The molecule has 0 aliphatic heterocycles. The Kier molecular flexibility index (Phi) is 4.58. The van der Waals surface area contributed by atoms with Gasteiger partial charge in [-0.2, -0.15) is 5.10 Å². The molecule has 2 aromatic carbocycles. The molecule has 2 heterocycles. The highest BCUT2D eigenvalue weighted by Gasteiger charge is 2.19. The molecule has 1 saturated carbocycles. The average molecular weight is 404 g/mol. The minimum absolute atomic E-state index is 0.134. The average Bonchev–Trinajstić information content (AvgIpc) is 3.44. The molecule has 0 spiro atoms. The fourth-order valence-corrected chi connectivity index (χ4v) is 4.23. The molecule has 1 aliphatic carbocycles. The second-order valence-electron chi connectivity index (χ2n) is 7.80. The van der Waals surface area contributed by atoms with Gasteiger partial charge in [-0.1, -0.05) is 25.0 Å². The van der Waals surface area contributed by atoms with Crippen molar-refractivity contribution in [2.24, 2.45) is 0 Å². The first-order chi connectivity index (χ1) is 14.6. The molecule has 0 saturated heterocycles. The van der Waals surface area contributed by atoms with Crippen LogP contribution in [0.3, 0.4) is 0 Å². The van der Waals surface area contributed by atoms with E-state index in [2.05, 4.69) is 10.4 Å². The lowest BCUT2D eigenvalue weighted by molar-refractivity contribution is 0.0938. The third-order valence-electron chi connectivity index (χ3n) is 5.81. The Labute approximate surface area is 171 Å². The zero-order chi connectivity index (χ0) is 20.7. The summed E-state index contributed by atoms with van der Waals surface area (Å²) in [5.74, 6) is -0.460. The first-order valence-electron chi connectivity index (χ1n) is 10.2. The summed E-state index contributed by atoms with van der Waals surface area (Å²) < 4.78 is 16.5. The van der Waals surface area contributed by atoms with E-state index >= 15 is 0 Å². The molecule has 1 amide bonds. The Hall–Kier alpha value is -3.48. The standard InChI is InChI=1S/C23H21FN4O2/c24-17-8-5-15(6-9-17)14-27-21-13-16(22(29)26-18-3-1-2-4-18)7-10-19(21)28-20(23(27)30)11-12-25-28/h5-13,18H,1-4,14H2,(H,26,29). The van der Waals surface area contributed by atoms with Gasteiger partial charge in [0, 0.05) is 11.6 Å². The Morgan fingerprint density at radius 2 is 1.80 bits per heavy atom. The van der Waals surface area contributed by atoms with Gasteiger partial charge in [0.15, 0.2) is 0 Å². The van der Waals surface area contributed by atoms with E-state index in [0.29, 0.717) is 16.6 Å². The number of hydrogen-bond donors (Lipinski definition) is 1. The first kappa shape index (κ1) is 18.5. The van der Waals surface area contributed by atoms with Crippen LogP contribution < -0.4 is 10.9 Å². The van der Waals surface area contributed by atoms with Crippen LogP contribution in [-0.2, 0) is 6.54 Å². The monoisotopic (exact) mass is 404 g/mol. The van der Waals surface area contributed by atoms with Crippen molar-refractivity contribution < 1.29 is 9.18 Å². The molecule has 2 aromatic heterocycles. The maximum absolute atomic E-state index is 13.3. The van der Waals surface area contributed by atoms with Crippen LogP contribution >= 0.6 is 0 Å². The van der Waals surface area contributed by atoms with Crippen molar-refractivity contribution in [3.05, 3.63) is 82.0 Å². The molecule has 30 heavy (non-hydrogen) atoms. The lowest BCUT2D eigenvalue weighted by Gasteiger charge is -2.15. The van der Waals surface area contributed by atoms with Crippen LogP contribution in [0.4, 0.5) is 4.39 Å². The molecular weight excluding hydrogens is 383 g/mol. The second kappa shape index (κ2) is 7.40. The fourth-order valence-electron chi connectivity index (χ4n) is 4.23. The van der Waals surface area contributed by atoms with Crippen molar-refractivity contribution in [1.29, 1.82) is 0 Å². The lowest BCUT2D eigenvalue weighted by Crippen LogP contribution is -2.32. The van der Waals surface area contributed by atoms with Gasteiger partial charge in [0.05, 0.1) is 23.8 Å². The van der Waals surface area contributed by atoms with Crippen LogP contribution in [-0.4, -0.2) is 26.1 Å². The molecular formula is C23H21FN4O2. The molecule has 6 nitrogen and oxygen atoms in total. The van der Waals surface area contributed by atoms with Crippen LogP contribution in [0, 0.1) is 5.82 Å². The van der Waals surface area contributed by atoms with Gasteiger partial charge in [-0.3, -0.25) is 9.59 Å². The fraction of sp³-hybridized carbons (Fsp3) is 0.261. The van der Waals surface area contributed by atoms with Crippen LogP contribution in [0.2, 0.25) is 0 Å². The van der Waals surface area contributed by atoms with E-state index in [1.165, 1.54) is 12.1 Å². The SMILES string of the molecule is O=C(NC1CCCC1)c1ccc2c(c1)n(Cc1ccc(F)cc1)c(=O)c1ccnn12. The first-order valence-corrected chi connectivity index (χ1v) is 10.2. The van der Waals surface area contributed by atoms with Crippen LogP contribution in [0.25, 0.3) is 16.6 Å². The van der Waals surface area contributed by atoms with Crippen molar-refractivity contribution in [1.82, 2.24) is 19.5 Å². The molecule has 1 N–H and O–H groups in total. The summed E-state index contributed by atoms with van der Waals surface area (Å²) in [5.41, 5.74) is 2.89. The summed E-state index contributed by atoms with van der Waals surface area (Å²) in [6.07, 6.45) is 5.86. The molecule has 5 rings (SSSR count). The molecule has 0 bridgehead atoms. The number of aromatic nitrogens is 3. The van der Waals surface area contributed by atoms with E-state index in [0.717, 1.165) is 36.8 Å². The van der Waals surface area contributed by atoms with Crippen LogP contribution in [0.1, 0.15) is 41.6 Å². The van der Waals surface area contributed by atoms with Gasteiger partial charge in [-0.15, -0.1) is 0 Å². The maximum Gasteiger partial charge on any atom is 0.277 e. The van der Waals surface area contributed by atoms with E-state index in [-0.39, 0.29) is 29.9 Å². The quantitative estimate of drug-likeness (QED) is 0.566. The summed E-state index contributed by atoms with van der Waals surface area (Å²) in [4.78, 5) is 25.9. The molecule has 0 radical (unpaired) electrons. The van der Waals surface area contributed by atoms with Gasteiger partial charge < -0.3 is 9.88 Å². The zero-order valence-corrected chi connectivity index (χ0v) is 16.3. The summed E-state index contributed by atoms with van der Waals surface area (Å²) in [6.45, 7) is 0.269. The van der Waals surface area contributed by atoms with Crippen molar-refractivity contribution in [2.45, 2.75) is 38.3 Å². The number of nitrogens with zero attached hydrogens (tertiary/aromatic N) is 3. The van der Waals surface area contributed by atoms with Gasteiger partial charge >= 0.3 is 0 Å². The Morgan fingerprint density at radius 1 is 1.03 bits per heavy atom. The predicted octanol–water partition coefficient (Wildman–Crippen LogP) is 3.51. The molecule has 0 atom stereocenters. The summed E-state index contributed by atoms with van der Waals surface area (Å²) >= 11 is 0. The smallest absolute Gasteiger partial charge is 0.277 e. The molecule has 1 aliphatic rings. The van der Waals surface area contributed by atoms with Crippen molar-refractivity contribution >= 4 is 22.5 Å². The van der Waals surface area contributed by atoms with E-state index in [1.54, 1.807) is 45.6 Å². The molecule has 4 aromatic rings. The third kappa shape index (κ3) is 3.26. The van der Waals surface area contributed by atoms with Crippen molar-refractivity contribution in [3.8, 4) is 0 Å². The highest BCUT2D eigenvalue weighted by Crippen LogP contribution is 2.20. The zero-order valence-electron chi connectivity index (χ0n) is 16.3. The number of rotatable bonds is 4.